The molecule has 7 heteroatoms. The average Bonchev–Trinajstić information content (AvgIpc) is 2.85. The molecule has 2 atom stereocenters. The highest BCUT2D eigenvalue weighted by Crippen LogP contribution is 2.49. The minimum Gasteiger partial charge on any atom is -0.506 e. The smallest absolute Gasteiger partial charge is 0.210 e. The first-order valence-electron chi connectivity index (χ1n) is 12.0. The number of Topliss-reactive ketones (excluding diaryl/α,β-unsaturated/α-hetero) is 1. The lowest BCUT2D eigenvalue weighted by molar-refractivity contribution is -0.162. The molecule has 0 saturated heterocycles. The summed E-state index contributed by atoms with van der Waals surface area (Å²) in [6, 6.07) is 9.98. The van der Waals surface area contributed by atoms with Gasteiger partial charge in [0.05, 0.1) is 33.0 Å². The maximum Gasteiger partial charge on any atom is 0.210 e. The molecule has 2 unspecified atom stereocenters. The highest BCUT2D eigenvalue weighted by Gasteiger charge is 2.57. The number of benzene rings is 1. The van der Waals surface area contributed by atoms with E-state index in [9.17, 15) is 9.90 Å². The van der Waals surface area contributed by atoms with Gasteiger partial charge in [0.2, 0.25) is 5.78 Å². The monoisotopic (exact) mass is 462 g/mol. The quantitative estimate of drug-likeness (QED) is 0.441. The van der Waals surface area contributed by atoms with Gasteiger partial charge in [0.25, 0.3) is 0 Å². The molecule has 0 radical (unpaired) electrons. The van der Waals surface area contributed by atoms with Gasteiger partial charge in [-0.3, -0.25) is 4.79 Å². The van der Waals surface area contributed by atoms with Gasteiger partial charge in [-0.1, -0.05) is 49.6 Å². The Bertz CT molecular complexity index is 757. The summed E-state index contributed by atoms with van der Waals surface area (Å²) in [5.41, 5.74) is -0.499. The summed E-state index contributed by atoms with van der Waals surface area (Å²) in [7, 11) is 3.21. The van der Waals surface area contributed by atoms with Crippen LogP contribution in [0.15, 0.2) is 41.9 Å². The molecule has 1 fully saturated rings. The van der Waals surface area contributed by atoms with E-state index in [4.69, 9.17) is 23.7 Å². The van der Waals surface area contributed by atoms with Crippen molar-refractivity contribution in [1.29, 1.82) is 0 Å². The lowest BCUT2D eigenvalue weighted by Crippen LogP contribution is -2.56. The van der Waals surface area contributed by atoms with E-state index in [0.717, 1.165) is 31.2 Å². The number of rotatable bonds is 13. The topological polar surface area (TPSA) is 83.5 Å². The fourth-order valence-electron chi connectivity index (χ4n) is 5.08. The first kappa shape index (κ1) is 25.7. The first-order valence-corrected chi connectivity index (χ1v) is 12.0. The predicted octanol–water partition coefficient (Wildman–Crippen LogP) is 4.17. The van der Waals surface area contributed by atoms with Gasteiger partial charge in [-0.05, 0) is 24.3 Å². The van der Waals surface area contributed by atoms with Crippen molar-refractivity contribution < 1.29 is 33.6 Å². The van der Waals surface area contributed by atoms with Crippen LogP contribution in [-0.2, 0) is 28.5 Å². The fourth-order valence-corrected chi connectivity index (χ4v) is 5.08. The van der Waals surface area contributed by atoms with Crippen LogP contribution in [0.1, 0.15) is 50.0 Å². The molecule has 184 valence electrons. The molecule has 0 amide bonds. The lowest BCUT2D eigenvalue weighted by atomic mass is 9.65. The molecule has 1 saturated carbocycles. The molecule has 1 aliphatic carbocycles. The minimum absolute atomic E-state index is 0.121. The number of ketones is 1. The third-order valence-electron chi connectivity index (χ3n) is 6.65. The molecular weight excluding hydrogens is 424 g/mol. The second kappa shape index (κ2) is 13.1. The summed E-state index contributed by atoms with van der Waals surface area (Å²) in [6.45, 7) is 1.68. The molecule has 0 bridgehead atoms. The van der Waals surface area contributed by atoms with Gasteiger partial charge in [-0.2, -0.15) is 0 Å². The van der Waals surface area contributed by atoms with Crippen molar-refractivity contribution in [2.45, 2.75) is 50.0 Å². The summed E-state index contributed by atoms with van der Waals surface area (Å²) >= 11 is 0. The zero-order chi connectivity index (χ0) is 23.5. The van der Waals surface area contributed by atoms with Crippen molar-refractivity contribution in [3.63, 3.8) is 0 Å². The number of carbonyl (C=O) groups is 1. The largest absolute Gasteiger partial charge is 0.506 e. The van der Waals surface area contributed by atoms with Crippen molar-refractivity contribution >= 4 is 5.78 Å². The van der Waals surface area contributed by atoms with Crippen LogP contribution in [0.5, 0.6) is 0 Å². The summed E-state index contributed by atoms with van der Waals surface area (Å²) in [5, 5.41) is 11.6. The maximum absolute atomic E-state index is 13.6. The number of ether oxygens (including phenoxy) is 5. The first-order chi connectivity index (χ1) is 16.1. The molecule has 3 rings (SSSR count). The van der Waals surface area contributed by atoms with Crippen LogP contribution in [0.25, 0.3) is 0 Å². The second-order valence-corrected chi connectivity index (χ2v) is 8.70. The van der Waals surface area contributed by atoms with E-state index in [-0.39, 0.29) is 36.6 Å². The predicted molar refractivity (Wildman–Crippen MR) is 124 cm³/mol. The van der Waals surface area contributed by atoms with E-state index >= 15 is 0 Å². The molecule has 1 aromatic rings. The number of hydrogen-bond donors (Lipinski definition) is 1. The fraction of sp³-hybridized carbons (Fsp3) is 0.654. The van der Waals surface area contributed by atoms with E-state index in [1.165, 1.54) is 6.42 Å². The summed E-state index contributed by atoms with van der Waals surface area (Å²) in [4.78, 5) is 13.6. The Morgan fingerprint density at radius 3 is 2.39 bits per heavy atom. The van der Waals surface area contributed by atoms with E-state index in [0.29, 0.717) is 38.6 Å². The Hall–Kier alpha value is -1.93. The van der Waals surface area contributed by atoms with E-state index in [1.807, 2.05) is 30.3 Å². The molecule has 0 spiro atoms. The Labute approximate surface area is 197 Å². The van der Waals surface area contributed by atoms with Crippen molar-refractivity contribution in [2.24, 2.45) is 5.92 Å². The van der Waals surface area contributed by atoms with Crippen molar-refractivity contribution in [3.8, 4) is 0 Å². The zero-order valence-electron chi connectivity index (χ0n) is 19.9. The molecule has 1 aromatic carbocycles. The van der Waals surface area contributed by atoms with Crippen molar-refractivity contribution in [3.05, 3.63) is 47.4 Å². The Morgan fingerprint density at radius 2 is 1.70 bits per heavy atom. The Morgan fingerprint density at radius 1 is 1.00 bits per heavy atom. The normalized spacial score (nSPS) is 22.9. The molecule has 7 nitrogen and oxygen atoms in total. The highest BCUT2D eigenvalue weighted by molar-refractivity contribution is 5.93. The number of carbonyl (C=O) groups excluding carboxylic acids is 1. The van der Waals surface area contributed by atoms with Crippen molar-refractivity contribution in [1.82, 2.24) is 0 Å². The van der Waals surface area contributed by atoms with E-state index < -0.39 is 5.60 Å². The van der Waals surface area contributed by atoms with Gasteiger partial charge in [0.15, 0.2) is 11.4 Å². The summed E-state index contributed by atoms with van der Waals surface area (Å²) in [5.74, 6) is -0.103. The lowest BCUT2D eigenvalue weighted by Gasteiger charge is -2.46. The Kier molecular flexibility index (Phi) is 10.2. The van der Waals surface area contributed by atoms with Gasteiger partial charge in [0.1, 0.15) is 12.4 Å². The van der Waals surface area contributed by atoms with Crippen LogP contribution in [-0.4, -0.2) is 70.4 Å². The summed E-state index contributed by atoms with van der Waals surface area (Å²) < 4.78 is 27.9. The molecule has 1 N–H and O–H groups in total. The van der Waals surface area contributed by atoms with Crippen molar-refractivity contribution in [2.75, 3.05) is 53.9 Å². The van der Waals surface area contributed by atoms with Crippen LogP contribution < -0.4 is 0 Å². The highest BCUT2D eigenvalue weighted by atomic mass is 16.6. The number of methoxy groups -OCH3 is 2. The van der Waals surface area contributed by atoms with Crippen LogP contribution in [0.3, 0.4) is 0 Å². The van der Waals surface area contributed by atoms with E-state index in [1.54, 1.807) is 14.2 Å². The van der Waals surface area contributed by atoms with Crippen LogP contribution in [0.2, 0.25) is 0 Å². The number of aliphatic hydroxyl groups is 1. The number of hydrogen-bond acceptors (Lipinski definition) is 7. The minimum atomic E-state index is -1.50. The standard InChI is InChI=1S/C26H38O7/c1-29-15-17-31-14-13-22-25(28)26(23(27)19-32-22,33-18-16-30-2)24(20-9-5-3-6-10-20)21-11-7-4-8-12-21/h3,5-6,9-10,21,24,28H,4,7-8,11-19H2,1-2H3. The van der Waals surface area contributed by atoms with Gasteiger partial charge in [-0.15, -0.1) is 0 Å². The molecule has 1 aliphatic heterocycles. The van der Waals surface area contributed by atoms with E-state index in [2.05, 4.69) is 0 Å². The molecule has 2 aliphatic rings. The second-order valence-electron chi connectivity index (χ2n) is 8.70. The Balaban J connectivity index is 2.01. The average molecular weight is 463 g/mol. The number of aliphatic hydroxyl groups excluding tert-OH is 1. The molecule has 1 heterocycles. The molecule has 33 heavy (non-hydrogen) atoms. The SMILES string of the molecule is COCCOCCC1=C(O)C(OCCOC)(C(c2ccccc2)C2CCCCC2)C(=O)CO1. The third-order valence-corrected chi connectivity index (χ3v) is 6.65. The molecule has 0 aromatic heterocycles. The van der Waals surface area contributed by atoms with Gasteiger partial charge in [-0.25, -0.2) is 0 Å². The van der Waals surface area contributed by atoms with Gasteiger partial charge in [0, 0.05) is 26.6 Å². The van der Waals surface area contributed by atoms with Crippen LogP contribution in [0, 0.1) is 5.92 Å². The van der Waals surface area contributed by atoms with Gasteiger partial charge >= 0.3 is 0 Å². The molecular formula is C26H38O7. The van der Waals surface area contributed by atoms with Crippen LogP contribution >= 0.6 is 0 Å². The van der Waals surface area contributed by atoms with Gasteiger partial charge < -0.3 is 28.8 Å². The zero-order valence-corrected chi connectivity index (χ0v) is 19.9. The summed E-state index contributed by atoms with van der Waals surface area (Å²) in [6.07, 6.45) is 5.75. The van der Waals surface area contributed by atoms with Crippen LogP contribution in [0.4, 0.5) is 0 Å². The third kappa shape index (κ3) is 6.15. The maximum atomic E-state index is 13.6.